The van der Waals surface area contributed by atoms with Crippen molar-refractivity contribution in [2.24, 2.45) is 0 Å². The van der Waals surface area contributed by atoms with Crippen molar-refractivity contribution in [1.82, 2.24) is 4.90 Å². The molecule has 3 aromatic rings. The van der Waals surface area contributed by atoms with Crippen LogP contribution in [0.5, 0.6) is 17.2 Å². The SMILES string of the molecule is COc1ccc(CN2Cc3cc(NC(=O)c4ccccc4)ccc3OCC2=O)c(OC)c1. The van der Waals surface area contributed by atoms with Crippen LogP contribution in [0.25, 0.3) is 0 Å². The van der Waals surface area contributed by atoms with Crippen molar-refractivity contribution in [1.29, 1.82) is 0 Å². The second-order valence-electron chi connectivity index (χ2n) is 7.36. The Morgan fingerprint density at radius 2 is 1.84 bits per heavy atom. The van der Waals surface area contributed by atoms with E-state index in [1.165, 1.54) is 0 Å². The van der Waals surface area contributed by atoms with Crippen LogP contribution in [0, 0.1) is 0 Å². The van der Waals surface area contributed by atoms with Crippen LogP contribution in [0.3, 0.4) is 0 Å². The molecule has 0 aliphatic carbocycles. The number of fused-ring (bicyclic) bond motifs is 1. The Morgan fingerprint density at radius 1 is 1.03 bits per heavy atom. The van der Waals surface area contributed by atoms with Crippen molar-refractivity contribution in [3.05, 3.63) is 83.4 Å². The van der Waals surface area contributed by atoms with Gasteiger partial charge >= 0.3 is 0 Å². The summed E-state index contributed by atoms with van der Waals surface area (Å²) in [5, 5.41) is 2.90. The highest BCUT2D eigenvalue weighted by atomic mass is 16.5. The van der Waals surface area contributed by atoms with Gasteiger partial charge in [-0.05, 0) is 42.5 Å². The Morgan fingerprint density at radius 3 is 2.59 bits per heavy atom. The summed E-state index contributed by atoms with van der Waals surface area (Å²) in [6.45, 7) is 0.648. The average molecular weight is 432 g/mol. The fraction of sp³-hybridized carbons (Fsp3) is 0.200. The van der Waals surface area contributed by atoms with Crippen LogP contribution in [0.2, 0.25) is 0 Å². The Balaban J connectivity index is 1.55. The lowest BCUT2D eigenvalue weighted by atomic mass is 10.1. The summed E-state index contributed by atoms with van der Waals surface area (Å²) in [6.07, 6.45) is 0. The molecule has 7 nitrogen and oxygen atoms in total. The van der Waals surface area contributed by atoms with E-state index in [0.717, 1.165) is 11.1 Å². The molecule has 7 heteroatoms. The first-order valence-electron chi connectivity index (χ1n) is 10.2. The van der Waals surface area contributed by atoms with E-state index in [1.54, 1.807) is 49.5 Å². The maximum atomic E-state index is 12.7. The van der Waals surface area contributed by atoms with Crippen molar-refractivity contribution in [3.63, 3.8) is 0 Å². The highest BCUT2D eigenvalue weighted by Gasteiger charge is 2.23. The van der Waals surface area contributed by atoms with Crippen LogP contribution in [-0.4, -0.2) is 37.5 Å². The molecule has 1 N–H and O–H groups in total. The minimum absolute atomic E-state index is 0.0544. The third-order valence-electron chi connectivity index (χ3n) is 5.27. The molecule has 0 unspecified atom stereocenters. The number of benzene rings is 3. The Hall–Kier alpha value is -4.00. The van der Waals surface area contributed by atoms with Gasteiger partial charge in [-0.3, -0.25) is 9.59 Å². The topological polar surface area (TPSA) is 77.1 Å². The second-order valence-corrected chi connectivity index (χ2v) is 7.36. The van der Waals surface area contributed by atoms with E-state index in [9.17, 15) is 9.59 Å². The average Bonchev–Trinajstić information content (AvgIpc) is 2.98. The first kappa shape index (κ1) is 21.2. The van der Waals surface area contributed by atoms with Crippen LogP contribution in [0.1, 0.15) is 21.5 Å². The summed E-state index contributed by atoms with van der Waals surface area (Å²) >= 11 is 0. The predicted octanol–water partition coefficient (Wildman–Crippen LogP) is 3.88. The van der Waals surface area contributed by atoms with Crippen LogP contribution >= 0.6 is 0 Å². The van der Waals surface area contributed by atoms with E-state index in [1.807, 2.05) is 36.4 Å². The maximum Gasteiger partial charge on any atom is 0.261 e. The zero-order chi connectivity index (χ0) is 22.5. The molecule has 1 heterocycles. The molecule has 0 atom stereocenters. The van der Waals surface area contributed by atoms with Gasteiger partial charge in [0.2, 0.25) is 0 Å². The summed E-state index contributed by atoms with van der Waals surface area (Å²) < 4.78 is 16.4. The molecular formula is C25H24N2O5. The Kier molecular flexibility index (Phi) is 6.26. The number of amides is 2. The van der Waals surface area contributed by atoms with E-state index in [-0.39, 0.29) is 18.4 Å². The zero-order valence-electron chi connectivity index (χ0n) is 18.0. The van der Waals surface area contributed by atoms with Gasteiger partial charge in [0.25, 0.3) is 11.8 Å². The van der Waals surface area contributed by atoms with Crippen LogP contribution in [-0.2, 0) is 17.9 Å². The second kappa shape index (κ2) is 9.43. The van der Waals surface area contributed by atoms with Gasteiger partial charge in [0.15, 0.2) is 6.61 Å². The molecule has 32 heavy (non-hydrogen) atoms. The van der Waals surface area contributed by atoms with E-state index in [4.69, 9.17) is 14.2 Å². The number of hydrogen-bond acceptors (Lipinski definition) is 5. The molecular weight excluding hydrogens is 408 g/mol. The third-order valence-corrected chi connectivity index (χ3v) is 5.27. The number of carbonyl (C=O) groups is 2. The molecule has 164 valence electrons. The Bertz CT molecular complexity index is 1130. The van der Waals surface area contributed by atoms with E-state index in [0.29, 0.717) is 41.6 Å². The number of rotatable bonds is 6. The molecule has 0 spiro atoms. The van der Waals surface area contributed by atoms with Crippen molar-refractivity contribution in [2.45, 2.75) is 13.1 Å². The summed E-state index contributed by atoms with van der Waals surface area (Å²) in [7, 11) is 3.18. The number of carbonyl (C=O) groups excluding carboxylic acids is 2. The van der Waals surface area contributed by atoms with Crippen molar-refractivity contribution in [2.75, 3.05) is 26.1 Å². The van der Waals surface area contributed by atoms with Crippen LogP contribution in [0.4, 0.5) is 5.69 Å². The van der Waals surface area contributed by atoms with Gasteiger partial charge in [0, 0.05) is 41.5 Å². The van der Waals surface area contributed by atoms with E-state index < -0.39 is 0 Å². The molecule has 0 fully saturated rings. The molecule has 0 aromatic heterocycles. The lowest BCUT2D eigenvalue weighted by molar-refractivity contribution is -0.133. The molecule has 0 bridgehead atoms. The van der Waals surface area contributed by atoms with Gasteiger partial charge in [0.05, 0.1) is 14.2 Å². The van der Waals surface area contributed by atoms with E-state index >= 15 is 0 Å². The van der Waals surface area contributed by atoms with Crippen LogP contribution in [0.15, 0.2) is 66.7 Å². The highest BCUT2D eigenvalue weighted by molar-refractivity contribution is 6.04. The first-order valence-corrected chi connectivity index (χ1v) is 10.2. The van der Waals surface area contributed by atoms with Crippen LogP contribution < -0.4 is 19.5 Å². The minimum atomic E-state index is -0.198. The molecule has 0 radical (unpaired) electrons. The number of methoxy groups -OCH3 is 2. The van der Waals surface area contributed by atoms with Gasteiger partial charge in [0.1, 0.15) is 17.2 Å². The number of ether oxygens (including phenoxy) is 3. The Labute approximate surface area is 186 Å². The van der Waals surface area contributed by atoms with Crippen molar-refractivity contribution >= 4 is 17.5 Å². The molecule has 0 saturated carbocycles. The predicted molar refractivity (Wildman–Crippen MR) is 120 cm³/mol. The molecule has 2 amide bonds. The molecule has 3 aromatic carbocycles. The summed E-state index contributed by atoms with van der Waals surface area (Å²) in [5.41, 5.74) is 2.88. The van der Waals surface area contributed by atoms with Gasteiger partial charge in [-0.2, -0.15) is 0 Å². The summed E-state index contributed by atoms with van der Waals surface area (Å²) in [5.74, 6) is 1.62. The number of nitrogens with zero attached hydrogens (tertiary/aromatic N) is 1. The fourth-order valence-electron chi connectivity index (χ4n) is 3.57. The lowest BCUT2D eigenvalue weighted by Gasteiger charge is -2.22. The summed E-state index contributed by atoms with van der Waals surface area (Å²) in [6, 6.07) is 19.9. The fourth-order valence-corrected chi connectivity index (χ4v) is 3.57. The van der Waals surface area contributed by atoms with Gasteiger partial charge < -0.3 is 24.4 Å². The van der Waals surface area contributed by atoms with Gasteiger partial charge in [-0.1, -0.05) is 18.2 Å². The van der Waals surface area contributed by atoms with Gasteiger partial charge in [-0.15, -0.1) is 0 Å². The summed E-state index contributed by atoms with van der Waals surface area (Å²) in [4.78, 5) is 26.9. The smallest absolute Gasteiger partial charge is 0.261 e. The lowest BCUT2D eigenvalue weighted by Crippen LogP contribution is -2.32. The monoisotopic (exact) mass is 432 g/mol. The number of nitrogens with one attached hydrogen (secondary N) is 1. The van der Waals surface area contributed by atoms with Crippen molar-refractivity contribution < 1.29 is 23.8 Å². The van der Waals surface area contributed by atoms with Crippen molar-refractivity contribution in [3.8, 4) is 17.2 Å². The van der Waals surface area contributed by atoms with E-state index in [2.05, 4.69) is 5.32 Å². The normalized spacial score (nSPS) is 12.9. The van der Waals surface area contributed by atoms with Gasteiger partial charge in [-0.25, -0.2) is 0 Å². The minimum Gasteiger partial charge on any atom is -0.497 e. The molecule has 4 rings (SSSR count). The molecule has 1 aliphatic heterocycles. The quantitative estimate of drug-likeness (QED) is 0.640. The maximum absolute atomic E-state index is 12.7. The highest BCUT2D eigenvalue weighted by Crippen LogP contribution is 2.30. The number of hydrogen-bond donors (Lipinski definition) is 1. The molecule has 0 saturated heterocycles. The zero-order valence-corrected chi connectivity index (χ0v) is 18.0. The third kappa shape index (κ3) is 4.67. The standard InChI is InChI=1S/C25H24N2O5/c1-30-21-10-8-18(23(13-21)31-2)14-27-15-19-12-20(9-11-22(19)32-16-24(27)28)26-25(29)17-6-4-3-5-7-17/h3-13H,14-16H2,1-2H3,(H,26,29). The largest absolute Gasteiger partial charge is 0.497 e. The first-order chi connectivity index (χ1) is 15.6. The molecule has 1 aliphatic rings. The number of anilines is 1.